The van der Waals surface area contributed by atoms with Gasteiger partial charge in [-0.1, -0.05) is 154 Å². The SMILES string of the molecule is CCCCCCCC/C=C\CCCCCCCCOOCCCCCCCC/C=C\CCCCCCCC. The molecule has 0 aromatic carbocycles. The fourth-order valence-electron chi connectivity index (χ4n) is 4.93. The number of unbranched alkanes of at least 4 members (excludes halogenated alkanes) is 24. The summed E-state index contributed by atoms with van der Waals surface area (Å²) < 4.78 is 0. The van der Waals surface area contributed by atoms with Crippen molar-refractivity contribution < 1.29 is 9.78 Å². The van der Waals surface area contributed by atoms with Crippen molar-refractivity contribution in [3.05, 3.63) is 24.3 Å². The molecule has 0 fully saturated rings. The first kappa shape index (κ1) is 37.4. The third kappa shape index (κ3) is 35.4. The first-order valence-corrected chi connectivity index (χ1v) is 17.5. The molecule has 0 aliphatic rings. The van der Waals surface area contributed by atoms with Crippen LogP contribution in [0.25, 0.3) is 0 Å². The Morgan fingerprint density at radius 1 is 0.289 bits per heavy atom. The normalized spacial score (nSPS) is 11.9. The lowest BCUT2D eigenvalue weighted by molar-refractivity contribution is -0.295. The summed E-state index contributed by atoms with van der Waals surface area (Å²) in [6.07, 6.45) is 47.2. The van der Waals surface area contributed by atoms with Crippen LogP contribution in [0.3, 0.4) is 0 Å². The van der Waals surface area contributed by atoms with Gasteiger partial charge in [0.1, 0.15) is 0 Å². The molecule has 0 aromatic heterocycles. The highest BCUT2D eigenvalue weighted by atomic mass is 17.2. The zero-order chi connectivity index (χ0) is 27.5. The van der Waals surface area contributed by atoms with Gasteiger partial charge < -0.3 is 0 Å². The minimum Gasteiger partial charge on any atom is -0.237 e. The molecular formula is C36H70O2. The van der Waals surface area contributed by atoms with Gasteiger partial charge in [0, 0.05) is 0 Å². The van der Waals surface area contributed by atoms with Crippen LogP contribution in [0.4, 0.5) is 0 Å². The largest absolute Gasteiger partial charge is 0.237 e. The standard InChI is InChI=1S/C36H70O2/c1-3-5-7-9-11-13-15-17-19-21-23-25-27-29-31-33-35-37-38-36-34-32-30-28-26-24-22-20-18-16-14-12-10-8-6-4-2/h17-20H,3-16,21-36H2,1-2H3/b19-17-,20-18-. The lowest BCUT2D eigenvalue weighted by Gasteiger charge is -2.05. The van der Waals surface area contributed by atoms with Crippen LogP contribution in [0.1, 0.15) is 194 Å². The molecule has 0 heterocycles. The van der Waals surface area contributed by atoms with Crippen molar-refractivity contribution in [2.75, 3.05) is 13.2 Å². The van der Waals surface area contributed by atoms with Crippen molar-refractivity contribution >= 4 is 0 Å². The van der Waals surface area contributed by atoms with Crippen LogP contribution in [0.5, 0.6) is 0 Å². The number of hydrogen-bond acceptors (Lipinski definition) is 2. The van der Waals surface area contributed by atoms with Crippen molar-refractivity contribution in [1.82, 2.24) is 0 Å². The maximum atomic E-state index is 5.36. The fourth-order valence-corrected chi connectivity index (χ4v) is 4.93. The maximum absolute atomic E-state index is 5.36. The van der Waals surface area contributed by atoms with E-state index < -0.39 is 0 Å². The molecule has 0 saturated heterocycles. The van der Waals surface area contributed by atoms with E-state index in [1.807, 2.05) is 0 Å². The number of hydrogen-bond donors (Lipinski definition) is 0. The zero-order valence-electron chi connectivity index (χ0n) is 26.3. The van der Waals surface area contributed by atoms with Crippen molar-refractivity contribution in [1.29, 1.82) is 0 Å². The van der Waals surface area contributed by atoms with Gasteiger partial charge in [-0.05, 0) is 64.2 Å². The van der Waals surface area contributed by atoms with E-state index in [1.54, 1.807) is 0 Å². The average molecular weight is 535 g/mol. The van der Waals surface area contributed by atoms with E-state index in [9.17, 15) is 0 Å². The summed E-state index contributed by atoms with van der Waals surface area (Å²) in [5, 5.41) is 0. The van der Waals surface area contributed by atoms with E-state index in [-0.39, 0.29) is 0 Å². The Morgan fingerprint density at radius 2 is 0.526 bits per heavy atom. The molecule has 38 heavy (non-hydrogen) atoms. The molecule has 2 heteroatoms. The Hall–Kier alpha value is -0.600. The Bertz CT molecular complexity index is 414. The first-order valence-electron chi connectivity index (χ1n) is 17.5. The summed E-state index contributed by atoms with van der Waals surface area (Å²) in [5.41, 5.74) is 0. The predicted octanol–water partition coefficient (Wildman–Crippen LogP) is 13.0. The maximum Gasteiger partial charge on any atom is 0.0822 e. The second-order valence-corrected chi connectivity index (χ2v) is 11.5. The summed E-state index contributed by atoms with van der Waals surface area (Å²) in [5.74, 6) is 0. The molecule has 0 atom stereocenters. The molecule has 0 unspecified atom stereocenters. The molecule has 0 bridgehead atoms. The van der Waals surface area contributed by atoms with Gasteiger partial charge in [-0.2, -0.15) is 0 Å². The summed E-state index contributed by atoms with van der Waals surface area (Å²) in [6, 6.07) is 0. The van der Waals surface area contributed by atoms with Crippen LogP contribution in [-0.4, -0.2) is 13.2 Å². The third-order valence-corrected chi connectivity index (χ3v) is 7.56. The van der Waals surface area contributed by atoms with Crippen LogP contribution in [-0.2, 0) is 9.78 Å². The minimum absolute atomic E-state index is 0.757. The van der Waals surface area contributed by atoms with E-state index in [4.69, 9.17) is 9.78 Å². The van der Waals surface area contributed by atoms with Gasteiger partial charge in [-0.15, -0.1) is 0 Å². The summed E-state index contributed by atoms with van der Waals surface area (Å²) in [6.45, 7) is 6.09. The minimum atomic E-state index is 0.757. The summed E-state index contributed by atoms with van der Waals surface area (Å²) in [4.78, 5) is 10.7. The van der Waals surface area contributed by atoms with Gasteiger partial charge >= 0.3 is 0 Å². The number of rotatable bonds is 33. The molecule has 0 radical (unpaired) electrons. The quantitative estimate of drug-likeness (QED) is 0.0361. The molecule has 226 valence electrons. The molecule has 0 aliphatic heterocycles. The molecule has 0 N–H and O–H groups in total. The second-order valence-electron chi connectivity index (χ2n) is 11.5. The highest BCUT2D eigenvalue weighted by molar-refractivity contribution is 4.82. The topological polar surface area (TPSA) is 18.5 Å². The van der Waals surface area contributed by atoms with Crippen molar-refractivity contribution in [2.24, 2.45) is 0 Å². The lowest BCUT2D eigenvalue weighted by atomic mass is 10.1. The highest BCUT2D eigenvalue weighted by Gasteiger charge is 1.95. The van der Waals surface area contributed by atoms with E-state index in [0.717, 1.165) is 26.1 Å². The molecule has 0 saturated carbocycles. The molecule has 0 amide bonds. The van der Waals surface area contributed by atoms with E-state index in [0.29, 0.717) is 0 Å². The van der Waals surface area contributed by atoms with Crippen LogP contribution >= 0.6 is 0 Å². The lowest BCUT2D eigenvalue weighted by Crippen LogP contribution is -1.99. The zero-order valence-corrected chi connectivity index (χ0v) is 26.3. The van der Waals surface area contributed by atoms with Gasteiger partial charge in [-0.3, -0.25) is 0 Å². The number of allylic oxidation sites excluding steroid dienone is 4. The van der Waals surface area contributed by atoms with Crippen molar-refractivity contribution in [2.45, 2.75) is 194 Å². The van der Waals surface area contributed by atoms with Crippen molar-refractivity contribution in [3.63, 3.8) is 0 Å². The molecule has 0 rings (SSSR count). The average Bonchev–Trinajstić information content (AvgIpc) is 2.93. The van der Waals surface area contributed by atoms with Gasteiger partial charge in [0.2, 0.25) is 0 Å². The van der Waals surface area contributed by atoms with Crippen LogP contribution in [0.2, 0.25) is 0 Å². The Kier molecular flexibility index (Phi) is 35.8. The molecule has 0 aliphatic carbocycles. The summed E-state index contributed by atoms with van der Waals surface area (Å²) >= 11 is 0. The van der Waals surface area contributed by atoms with E-state index in [1.165, 1.54) is 167 Å². The van der Waals surface area contributed by atoms with Gasteiger partial charge in [0.25, 0.3) is 0 Å². The van der Waals surface area contributed by atoms with Crippen LogP contribution in [0, 0.1) is 0 Å². The van der Waals surface area contributed by atoms with Gasteiger partial charge in [0.05, 0.1) is 13.2 Å². The Balaban J connectivity index is 3.09. The van der Waals surface area contributed by atoms with Crippen molar-refractivity contribution in [3.8, 4) is 0 Å². The molecule has 0 spiro atoms. The second kappa shape index (κ2) is 36.4. The van der Waals surface area contributed by atoms with Crippen LogP contribution in [0.15, 0.2) is 24.3 Å². The third-order valence-electron chi connectivity index (χ3n) is 7.56. The van der Waals surface area contributed by atoms with Gasteiger partial charge in [0.15, 0.2) is 0 Å². The Morgan fingerprint density at radius 3 is 0.816 bits per heavy atom. The molecule has 2 nitrogen and oxygen atoms in total. The van der Waals surface area contributed by atoms with E-state index >= 15 is 0 Å². The molecule has 0 aromatic rings. The highest BCUT2D eigenvalue weighted by Crippen LogP contribution is 2.12. The fraction of sp³-hybridized carbons (Fsp3) is 0.889. The van der Waals surface area contributed by atoms with Crippen LogP contribution < -0.4 is 0 Å². The monoisotopic (exact) mass is 535 g/mol. The smallest absolute Gasteiger partial charge is 0.0822 e. The predicted molar refractivity (Wildman–Crippen MR) is 171 cm³/mol. The van der Waals surface area contributed by atoms with E-state index in [2.05, 4.69) is 38.2 Å². The van der Waals surface area contributed by atoms with Gasteiger partial charge in [-0.25, -0.2) is 9.78 Å². The summed E-state index contributed by atoms with van der Waals surface area (Å²) in [7, 11) is 0. The Labute approximate surface area is 240 Å². The molecular weight excluding hydrogens is 464 g/mol. The first-order chi connectivity index (χ1) is 18.9.